The summed E-state index contributed by atoms with van der Waals surface area (Å²) in [4.78, 5) is 51.8. The zero-order valence-corrected chi connectivity index (χ0v) is 24.8. The summed E-state index contributed by atoms with van der Waals surface area (Å²) in [7, 11) is 1.24. The number of Topliss-reactive ketones (excluding diaryl/α,β-unsaturated/α-hetero) is 1. The summed E-state index contributed by atoms with van der Waals surface area (Å²) in [6.45, 7) is 2.20. The second-order valence-electron chi connectivity index (χ2n) is 11.6. The Morgan fingerprint density at radius 2 is 1.68 bits per heavy atom. The lowest BCUT2D eigenvalue weighted by molar-refractivity contribution is -0.272. The first-order valence-electron chi connectivity index (χ1n) is 14.1. The van der Waals surface area contributed by atoms with Crippen molar-refractivity contribution < 1.29 is 75.8 Å². The quantitative estimate of drug-likeness (QED) is 0.191. The number of amides is 1. The predicted molar refractivity (Wildman–Crippen MR) is 145 cm³/mol. The number of aliphatic hydroxyl groups is 2. The second-order valence-corrected chi connectivity index (χ2v) is 11.6. The number of phenolic OH excluding ortho intramolecular Hbond substituents is 2. The van der Waals surface area contributed by atoms with Crippen LogP contribution < -0.4 is 10.1 Å². The lowest BCUT2D eigenvalue weighted by Gasteiger charge is -2.43. The molecule has 4 unspecified atom stereocenters. The highest BCUT2D eigenvalue weighted by Crippen LogP contribution is 2.52. The molecule has 1 saturated heterocycles. The maximum absolute atomic E-state index is 13.7. The molecule has 6 atom stereocenters. The average molecular weight is 674 g/mol. The van der Waals surface area contributed by atoms with E-state index in [2.05, 4.69) is 0 Å². The van der Waals surface area contributed by atoms with E-state index in [0.717, 1.165) is 6.92 Å². The van der Waals surface area contributed by atoms with Gasteiger partial charge in [0.1, 0.15) is 29.0 Å². The third-order valence-corrected chi connectivity index (χ3v) is 8.71. The van der Waals surface area contributed by atoms with Gasteiger partial charge in [-0.15, -0.1) is 0 Å². The molecule has 0 spiro atoms. The topological polar surface area (TPSA) is 189 Å². The SMILES string of the molecule is COc1cccc2c1C(=O)c1c(O)c3c(c(O)c1C2=O)C[C@](O)(C(C)=O)C[C@@H]3OC1CC(NC(=O)C(F)(F)C(F)(F)F)C(O)C(C)O1. The summed E-state index contributed by atoms with van der Waals surface area (Å²) in [5, 5.41) is 46.0. The largest absolute Gasteiger partial charge is 0.507 e. The van der Waals surface area contributed by atoms with Gasteiger partial charge in [0, 0.05) is 36.0 Å². The van der Waals surface area contributed by atoms with Crippen LogP contribution in [0.15, 0.2) is 18.2 Å². The van der Waals surface area contributed by atoms with Gasteiger partial charge in [0.05, 0.1) is 42.0 Å². The molecule has 0 aromatic heterocycles. The van der Waals surface area contributed by atoms with Crippen LogP contribution in [0.4, 0.5) is 22.0 Å². The molecule has 12 nitrogen and oxygen atoms in total. The van der Waals surface area contributed by atoms with Crippen LogP contribution in [-0.2, 0) is 25.5 Å². The van der Waals surface area contributed by atoms with Gasteiger partial charge in [-0.05, 0) is 19.9 Å². The van der Waals surface area contributed by atoms with Crippen molar-refractivity contribution in [2.45, 2.75) is 81.5 Å². The third-order valence-electron chi connectivity index (χ3n) is 8.71. The smallest absolute Gasteiger partial charge is 0.463 e. The first-order valence-corrected chi connectivity index (χ1v) is 14.1. The fourth-order valence-electron chi connectivity index (χ4n) is 6.16. The van der Waals surface area contributed by atoms with Crippen molar-refractivity contribution in [3.05, 3.63) is 51.6 Å². The maximum Gasteiger partial charge on any atom is 0.463 e. The number of halogens is 5. The second kappa shape index (κ2) is 11.5. The molecule has 5 N–H and O–H groups in total. The number of ether oxygens (including phenoxy) is 3. The number of nitrogens with one attached hydrogen (secondary N) is 1. The number of rotatable bonds is 6. The summed E-state index contributed by atoms with van der Waals surface area (Å²) in [5.41, 5.74) is -4.62. The Morgan fingerprint density at radius 3 is 2.28 bits per heavy atom. The number of benzene rings is 2. The number of methoxy groups -OCH3 is 1. The molecule has 1 amide bonds. The van der Waals surface area contributed by atoms with Gasteiger partial charge in [0.15, 0.2) is 17.9 Å². The van der Waals surface area contributed by atoms with Gasteiger partial charge in [-0.25, -0.2) is 0 Å². The van der Waals surface area contributed by atoms with Gasteiger partial charge in [0.2, 0.25) is 5.78 Å². The molecule has 5 rings (SSSR count). The van der Waals surface area contributed by atoms with Gasteiger partial charge >= 0.3 is 18.0 Å². The lowest BCUT2D eigenvalue weighted by atomic mass is 9.72. The molecule has 1 aliphatic heterocycles. The van der Waals surface area contributed by atoms with Crippen molar-refractivity contribution in [3.63, 3.8) is 0 Å². The van der Waals surface area contributed by atoms with Crippen LogP contribution in [0.25, 0.3) is 0 Å². The number of phenols is 2. The van der Waals surface area contributed by atoms with Gasteiger partial charge in [-0.1, -0.05) is 12.1 Å². The molecule has 17 heteroatoms. The number of aromatic hydroxyl groups is 2. The molecule has 0 saturated carbocycles. The van der Waals surface area contributed by atoms with E-state index < -0.39 is 113 Å². The Labute approximate surface area is 262 Å². The van der Waals surface area contributed by atoms with Crippen LogP contribution in [0, 0.1) is 0 Å². The monoisotopic (exact) mass is 673 g/mol. The summed E-state index contributed by atoms with van der Waals surface area (Å²) in [6.07, 6.45) is -14.7. The molecule has 0 bridgehead atoms. The van der Waals surface area contributed by atoms with Crippen LogP contribution in [0.3, 0.4) is 0 Å². The Morgan fingerprint density at radius 1 is 1.04 bits per heavy atom. The van der Waals surface area contributed by atoms with Crippen molar-refractivity contribution in [1.29, 1.82) is 0 Å². The minimum absolute atomic E-state index is 0.0193. The minimum atomic E-state index is -6.24. The van der Waals surface area contributed by atoms with Gasteiger partial charge in [-0.3, -0.25) is 19.2 Å². The van der Waals surface area contributed by atoms with Crippen LogP contribution in [-0.4, -0.2) is 93.0 Å². The van der Waals surface area contributed by atoms with Crippen molar-refractivity contribution >= 4 is 23.3 Å². The zero-order valence-electron chi connectivity index (χ0n) is 24.8. The van der Waals surface area contributed by atoms with E-state index >= 15 is 0 Å². The molecule has 254 valence electrons. The van der Waals surface area contributed by atoms with E-state index in [4.69, 9.17) is 14.2 Å². The van der Waals surface area contributed by atoms with Crippen LogP contribution in [0.2, 0.25) is 0 Å². The van der Waals surface area contributed by atoms with Crippen LogP contribution >= 0.6 is 0 Å². The number of alkyl halides is 5. The zero-order chi connectivity index (χ0) is 35.0. The molecular formula is C30H28F5NO11. The van der Waals surface area contributed by atoms with Crippen LogP contribution in [0.1, 0.15) is 75.8 Å². The molecule has 2 aromatic carbocycles. The van der Waals surface area contributed by atoms with Crippen molar-refractivity contribution in [3.8, 4) is 17.2 Å². The highest BCUT2D eigenvalue weighted by Gasteiger charge is 2.64. The number of carbonyl (C=O) groups excluding carboxylic acids is 4. The van der Waals surface area contributed by atoms with E-state index in [1.165, 1.54) is 37.5 Å². The summed E-state index contributed by atoms with van der Waals surface area (Å²) < 4.78 is 82.3. The lowest BCUT2D eigenvalue weighted by Crippen LogP contribution is -2.60. The predicted octanol–water partition coefficient (Wildman–Crippen LogP) is 2.38. The summed E-state index contributed by atoms with van der Waals surface area (Å²) >= 11 is 0. The summed E-state index contributed by atoms with van der Waals surface area (Å²) in [6, 6.07) is 2.32. The van der Waals surface area contributed by atoms with E-state index in [9.17, 15) is 61.6 Å². The van der Waals surface area contributed by atoms with Gasteiger partial charge in [-0.2, -0.15) is 22.0 Å². The normalized spacial score (nSPS) is 27.4. The van der Waals surface area contributed by atoms with Gasteiger partial charge < -0.3 is 40.0 Å². The molecule has 0 radical (unpaired) electrons. The van der Waals surface area contributed by atoms with Crippen LogP contribution in [0.5, 0.6) is 17.2 Å². The number of ketones is 3. The Bertz CT molecular complexity index is 1690. The molecule has 47 heavy (non-hydrogen) atoms. The minimum Gasteiger partial charge on any atom is -0.507 e. The Hall–Kier alpha value is -4.19. The van der Waals surface area contributed by atoms with Crippen molar-refractivity contribution in [2.75, 3.05) is 7.11 Å². The third kappa shape index (κ3) is 5.40. The Kier molecular flexibility index (Phi) is 8.36. The first kappa shape index (κ1) is 34.2. The summed E-state index contributed by atoms with van der Waals surface area (Å²) in [5.74, 6) is -12.9. The average Bonchev–Trinajstić information content (AvgIpc) is 2.98. The highest BCUT2D eigenvalue weighted by molar-refractivity contribution is 6.31. The Balaban J connectivity index is 1.57. The van der Waals surface area contributed by atoms with E-state index in [-0.39, 0.29) is 28.0 Å². The number of aliphatic hydroxyl groups excluding tert-OH is 1. The molecule has 2 aliphatic carbocycles. The molecule has 2 aromatic rings. The highest BCUT2D eigenvalue weighted by atomic mass is 19.4. The molecule has 1 heterocycles. The standard InChI is InChI=1S/C30H28F5NO11/c1-10-22(38)14(36-27(43)29(31,32)30(33,34)35)7-17(46-10)47-16-9-28(44,11(2)37)8-13-19(16)26(42)21-20(24(13)40)23(39)12-5-4-6-15(45-3)18(12)25(21)41/h4-6,10,14,16-17,22,38,40,42,44H,7-9H2,1-3H3,(H,36,43)/t10?,14?,16-,17?,22?,28+/m0/s1. The van der Waals surface area contributed by atoms with Gasteiger partial charge in [0.25, 0.3) is 0 Å². The van der Waals surface area contributed by atoms with E-state index in [1.807, 2.05) is 0 Å². The molecule has 1 fully saturated rings. The number of carbonyl (C=O) groups is 4. The van der Waals surface area contributed by atoms with E-state index in [0.29, 0.717) is 0 Å². The fourth-order valence-corrected chi connectivity index (χ4v) is 6.16. The molecular weight excluding hydrogens is 645 g/mol. The van der Waals surface area contributed by atoms with E-state index in [1.54, 1.807) is 0 Å². The van der Waals surface area contributed by atoms with Crippen molar-refractivity contribution in [1.82, 2.24) is 5.32 Å². The fraction of sp³-hybridized carbons (Fsp3) is 0.467. The first-order chi connectivity index (χ1) is 21.7. The number of hydrogen-bond acceptors (Lipinski definition) is 11. The maximum atomic E-state index is 13.7. The number of fused-ring (bicyclic) bond motifs is 3. The molecule has 3 aliphatic rings. The van der Waals surface area contributed by atoms with Crippen molar-refractivity contribution in [2.24, 2.45) is 0 Å². The number of hydrogen-bond donors (Lipinski definition) is 5.